The lowest BCUT2D eigenvalue weighted by molar-refractivity contribution is -0.122. The number of allylic oxidation sites excluding steroid dienone is 1. The highest BCUT2D eigenvalue weighted by Gasteiger charge is 2.29. The molecule has 5 nitrogen and oxygen atoms in total. The van der Waals surface area contributed by atoms with E-state index in [1.165, 1.54) is 0 Å². The van der Waals surface area contributed by atoms with Gasteiger partial charge in [-0.3, -0.25) is 4.79 Å². The number of nitrogens with zero attached hydrogens (tertiary/aromatic N) is 1. The van der Waals surface area contributed by atoms with Gasteiger partial charge in [-0.2, -0.15) is 5.10 Å². The molecular formula is C20H21ClN4O. The maximum atomic E-state index is 12.2. The average Bonchev–Trinajstić information content (AvgIpc) is 3.13. The Kier molecular flexibility index (Phi) is 6.17. The summed E-state index contributed by atoms with van der Waals surface area (Å²) in [6, 6.07) is 17.3. The zero-order valence-electron chi connectivity index (χ0n) is 14.4. The van der Waals surface area contributed by atoms with Crippen LogP contribution in [-0.4, -0.2) is 18.2 Å². The van der Waals surface area contributed by atoms with Crippen molar-refractivity contribution in [1.29, 1.82) is 0 Å². The molecule has 3 rings (SSSR count). The van der Waals surface area contributed by atoms with Crippen molar-refractivity contribution in [2.75, 3.05) is 0 Å². The summed E-state index contributed by atoms with van der Waals surface area (Å²) >= 11 is 5.91. The van der Waals surface area contributed by atoms with E-state index in [4.69, 9.17) is 11.6 Å². The third-order valence-corrected chi connectivity index (χ3v) is 4.38. The lowest BCUT2D eigenvalue weighted by Gasteiger charge is -2.09. The summed E-state index contributed by atoms with van der Waals surface area (Å²) in [5, 5.41) is 4.74. The third-order valence-electron chi connectivity index (χ3n) is 4.13. The standard InChI is InChI=1S/C20H21ClN4O/c1-14(11-15-5-3-2-4-6-15)13-22-25-20(26)19-12-18(23-24-19)16-7-9-17(21)10-8-16/h2-11,13,18-19,23-24H,12H2,1H3,(H,25,26)/b14-11+,22-13+. The Bertz CT molecular complexity index is 802. The molecule has 0 aliphatic carbocycles. The first-order valence-corrected chi connectivity index (χ1v) is 8.82. The largest absolute Gasteiger partial charge is 0.271 e. The van der Waals surface area contributed by atoms with E-state index < -0.39 is 0 Å². The van der Waals surface area contributed by atoms with Crippen LogP contribution in [0.1, 0.15) is 30.5 Å². The molecule has 2 unspecified atom stereocenters. The minimum atomic E-state index is -0.341. The molecule has 1 aliphatic heterocycles. The number of hydrogen-bond acceptors (Lipinski definition) is 4. The van der Waals surface area contributed by atoms with Crippen molar-refractivity contribution in [3.05, 3.63) is 76.3 Å². The number of amides is 1. The second kappa shape index (κ2) is 8.76. The fraction of sp³-hybridized carbons (Fsp3) is 0.200. The topological polar surface area (TPSA) is 65.5 Å². The van der Waals surface area contributed by atoms with Crippen molar-refractivity contribution >= 4 is 29.8 Å². The van der Waals surface area contributed by atoms with Crippen molar-refractivity contribution in [1.82, 2.24) is 16.3 Å². The van der Waals surface area contributed by atoms with Crippen LogP contribution in [0.2, 0.25) is 5.02 Å². The van der Waals surface area contributed by atoms with Gasteiger partial charge in [-0.05, 0) is 42.2 Å². The zero-order valence-corrected chi connectivity index (χ0v) is 15.2. The molecule has 2 aromatic carbocycles. The van der Waals surface area contributed by atoms with Gasteiger partial charge in [0.1, 0.15) is 6.04 Å². The lowest BCUT2D eigenvalue weighted by Crippen LogP contribution is -2.41. The van der Waals surface area contributed by atoms with Crippen molar-refractivity contribution < 1.29 is 4.79 Å². The van der Waals surface area contributed by atoms with Crippen LogP contribution < -0.4 is 16.3 Å². The van der Waals surface area contributed by atoms with Crippen LogP contribution in [0.3, 0.4) is 0 Å². The molecule has 1 aliphatic rings. The molecule has 3 N–H and O–H groups in total. The summed E-state index contributed by atoms with van der Waals surface area (Å²) in [5.74, 6) is -0.169. The fourth-order valence-electron chi connectivity index (χ4n) is 2.77. The van der Waals surface area contributed by atoms with E-state index in [-0.39, 0.29) is 18.0 Å². The van der Waals surface area contributed by atoms with Crippen molar-refractivity contribution in [3.63, 3.8) is 0 Å². The summed E-state index contributed by atoms with van der Waals surface area (Å²) in [6.07, 6.45) is 4.29. The van der Waals surface area contributed by atoms with E-state index in [1.807, 2.05) is 67.6 Å². The van der Waals surface area contributed by atoms with Gasteiger partial charge in [-0.25, -0.2) is 16.3 Å². The molecule has 2 atom stereocenters. The summed E-state index contributed by atoms with van der Waals surface area (Å²) in [7, 11) is 0. The second-order valence-corrected chi connectivity index (χ2v) is 6.65. The first-order chi connectivity index (χ1) is 12.6. The molecule has 6 heteroatoms. The predicted octanol–water partition coefficient (Wildman–Crippen LogP) is 3.45. The Morgan fingerprint density at radius 1 is 1.15 bits per heavy atom. The van der Waals surface area contributed by atoms with Crippen LogP contribution in [0.5, 0.6) is 0 Å². The van der Waals surface area contributed by atoms with Crippen molar-refractivity contribution in [3.8, 4) is 0 Å². The smallest absolute Gasteiger partial charge is 0.258 e. The highest BCUT2D eigenvalue weighted by molar-refractivity contribution is 6.30. The Hall–Kier alpha value is -2.47. The molecule has 0 aromatic heterocycles. The van der Waals surface area contributed by atoms with Crippen LogP contribution in [0, 0.1) is 0 Å². The number of hydrazone groups is 1. The first-order valence-electron chi connectivity index (χ1n) is 8.44. The number of hydrazine groups is 1. The van der Waals surface area contributed by atoms with E-state index in [0.717, 1.165) is 16.7 Å². The van der Waals surface area contributed by atoms with Crippen molar-refractivity contribution in [2.45, 2.75) is 25.4 Å². The Morgan fingerprint density at radius 3 is 2.62 bits per heavy atom. The molecule has 1 amide bonds. The first kappa shape index (κ1) is 18.3. The Balaban J connectivity index is 1.51. The third kappa shape index (κ3) is 5.02. The molecule has 26 heavy (non-hydrogen) atoms. The van der Waals surface area contributed by atoms with Crippen LogP contribution in [-0.2, 0) is 4.79 Å². The number of carbonyl (C=O) groups excluding carboxylic acids is 1. The maximum absolute atomic E-state index is 12.2. The molecule has 0 spiro atoms. The Labute approximate surface area is 158 Å². The van der Waals surface area contributed by atoms with Gasteiger partial charge in [0.15, 0.2) is 0 Å². The molecule has 1 saturated heterocycles. The van der Waals surface area contributed by atoms with E-state index >= 15 is 0 Å². The molecule has 1 fully saturated rings. The van der Waals surface area contributed by atoms with E-state index in [1.54, 1.807) is 6.21 Å². The molecule has 134 valence electrons. The van der Waals surface area contributed by atoms with Gasteiger partial charge in [0.05, 0.1) is 6.21 Å². The number of rotatable bonds is 5. The van der Waals surface area contributed by atoms with Gasteiger partial charge in [0.2, 0.25) is 0 Å². The maximum Gasteiger partial charge on any atom is 0.258 e. The van der Waals surface area contributed by atoms with Gasteiger partial charge < -0.3 is 0 Å². The van der Waals surface area contributed by atoms with E-state index in [2.05, 4.69) is 21.4 Å². The molecule has 1 heterocycles. The molecule has 0 radical (unpaired) electrons. The summed E-state index contributed by atoms with van der Waals surface area (Å²) in [4.78, 5) is 12.2. The molecule has 0 bridgehead atoms. The lowest BCUT2D eigenvalue weighted by atomic mass is 10.0. The highest BCUT2D eigenvalue weighted by Crippen LogP contribution is 2.23. The van der Waals surface area contributed by atoms with Crippen molar-refractivity contribution in [2.24, 2.45) is 5.10 Å². The minimum absolute atomic E-state index is 0.0618. The van der Waals surface area contributed by atoms with Gasteiger partial charge in [-0.15, -0.1) is 0 Å². The SMILES string of the molecule is CC(/C=N/NC(=O)C1CC(c2ccc(Cl)cc2)NN1)=C\c1ccccc1. The number of carbonyl (C=O) groups is 1. The predicted molar refractivity (Wildman–Crippen MR) is 106 cm³/mol. The van der Waals surface area contributed by atoms with E-state index in [9.17, 15) is 4.79 Å². The number of nitrogens with one attached hydrogen (secondary N) is 3. The minimum Gasteiger partial charge on any atom is -0.271 e. The van der Waals surface area contributed by atoms with Gasteiger partial charge in [0.25, 0.3) is 5.91 Å². The number of hydrogen-bond donors (Lipinski definition) is 3. The Morgan fingerprint density at radius 2 is 1.88 bits per heavy atom. The zero-order chi connectivity index (χ0) is 18.4. The van der Waals surface area contributed by atoms with Crippen LogP contribution in [0.15, 0.2) is 65.3 Å². The van der Waals surface area contributed by atoms with Gasteiger partial charge in [0, 0.05) is 11.1 Å². The van der Waals surface area contributed by atoms with Crippen LogP contribution >= 0.6 is 11.6 Å². The highest BCUT2D eigenvalue weighted by atomic mass is 35.5. The van der Waals surface area contributed by atoms with Crippen LogP contribution in [0.4, 0.5) is 0 Å². The second-order valence-electron chi connectivity index (χ2n) is 6.21. The number of benzene rings is 2. The average molecular weight is 369 g/mol. The monoisotopic (exact) mass is 368 g/mol. The quantitative estimate of drug-likeness (QED) is 0.559. The van der Waals surface area contributed by atoms with Gasteiger partial charge >= 0.3 is 0 Å². The summed E-state index contributed by atoms with van der Waals surface area (Å²) in [5.41, 5.74) is 11.9. The molecule has 2 aromatic rings. The molecule has 0 saturated carbocycles. The number of halogens is 1. The molecular weight excluding hydrogens is 348 g/mol. The van der Waals surface area contributed by atoms with E-state index in [0.29, 0.717) is 11.4 Å². The summed E-state index contributed by atoms with van der Waals surface area (Å²) in [6.45, 7) is 1.94. The normalized spacial score (nSPS) is 20.5. The fourth-order valence-corrected chi connectivity index (χ4v) is 2.89. The summed E-state index contributed by atoms with van der Waals surface area (Å²) < 4.78 is 0. The van der Waals surface area contributed by atoms with Crippen LogP contribution in [0.25, 0.3) is 6.08 Å². The van der Waals surface area contributed by atoms with Gasteiger partial charge in [-0.1, -0.05) is 60.1 Å².